The number of rotatable bonds is 8. The fraction of sp³-hybridized carbons (Fsp3) is 0.263. The van der Waals surface area contributed by atoms with Gasteiger partial charge in [0, 0.05) is 6.42 Å². The van der Waals surface area contributed by atoms with Crippen LogP contribution in [0.1, 0.15) is 23.7 Å². The van der Waals surface area contributed by atoms with E-state index in [-0.39, 0.29) is 12.7 Å². The van der Waals surface area contributed by atoms with E-state index in [2.05, 4.69) is 17.4 Å². The van der Waals surface area contributed by atoms with E-state index in [1.54, 1.807) is 6.08 Å². The van der Waals surface area contributed by atoms with Crippen molar-refractivity contribution >= 4 is 6.08 Å². The number of aliphatic hydroxyl groups is 1. The predicted molar refractivity (Wildman–Crippen MR) is 90.9 cm³/mol. The van der Waals surface area contributed by atoms with Crippen molar-refractivity contribution in [3.8, 4) is 5.75 Å². The van der Waals surface area contributed by atoms with Gasteiger partial charge in [-0.3, -0.25) is 0 Å². The monoisotopic (exact) mass is 297 g/mol. The molecule has 0 spiro atoms. The fourth-order valence-electron chi connectivity index (χ4n) is 2.25. The van der Waals surface area contributed by atoms with Crippen LogP contribution in [0, 0.1) is 0 Å². The molecule has 0 aliphatic carbocycles. The molecular formula is C19H23NO2. The van der Waals surface area contributed by atoms with Gasteiger partial charge in [-0.1, -0.05) is 54.6 Å². The van der Waals surface area contributed by atoms with Gasteiger partial charge in [0.25, 0.3) is 0 Å². The molecule has 0 aliphatic rings. The van der Waals surface area contributed by atoms with Crippen LogP contribution >= 0.6 is 0 Å². The Hall–Kier alpha value is -2.10. The SMILES string of the molecule is CNCCC(Oc1ccc(/C=C/CO)cc1)c1ccccc1. The predicted octanol–water partition coefficient (Wildman–Crippen LogP) is 3.42. The van der Waals surface area contributed by atoms with Crippen molar-refractivity contribution in [3.63, 3.8) is 0 Å². The average Bonchev–Trinajstić information content (AvgIpc) is 2.58. The second kappa shape index (κ2) is 9.03. The maximum atomic E-state index is 8.79. The first kappa shape index (κ1) is 16.3. The summed E-state index contributed by atoms with van der Waals surface area (Å²) in [5.41, 5.74) is 2.23. The molecule has 0 aromatic heterocycles. The molecule has 2 N–H and O–H groups in total. The molecule has 2 aromatic rings. The quantitative estimate of drug-likeness (QED) is 0.784. The van der Waals surface area contributed by atoms with Gasteiger partial charge in [0.1, 0.15) is 11.9 Å². The van der Waals surface area contributed by atoms with Gasteiger partial charge in [0.15, 0.2) is 0 Å². The second-order valence-corrected chi connectivity index (χ2v) is 5.06. The molecule has 0 heterocycles. The number of aliphatic hydroxyl groups excluding tert-OH is 1. The van der Waals surface area contributed by atoms with Gasteiger partial charge in [0.2, 0.25) is 0 Å². The van der Waals surface area contributed by atoms with Crippen LogP contribution < -0.4 is 10.1 Å². The van der Waals surface area contributed by atoms with Crippen molar-refractivity contribution < 1.29 is 9.84 Å². The third-order valence-corrected chi connectivity index (χ3v) is 3.40. The van der Waals surface area contributed by atoms with Gasteiger partial charge in [-0.05, 0) is 36.9 Å². The highest BCUT2D eigenvalue weighted by atomic mass is 16.5. The van der Waals surface area contributed by atoms with Crippen LogP contribution in [-0.4, -0.2) is 25.3 Å². The summed E-state index contributed by atoms with van der Waals surface area (Å²) in [6, 6.07) is 18.2. The third-order valence-electron chi connectivity index (χ3n) is 3.40. The molecule has 1 unspecified atom stereocenters. The topological polar surface area (TPSA) is 41.5 Å². The van der Waals surface area contributed by atoms with Gasteiger partial charge in [0.05, 0.1) is 6.61 Å². The van der Waals surface area contributed by atoms with Crippen LogP contribution in [0.5, 0.6) is 5.75 Å². The molecule has 0 fully saturated rings. The Morgan fingerprint density at radius 1 is 1.09 bits per heavy atom. The van der Waals surface area contributed by atoms with Crippen LogP contribution in [0.3, 0.4) is 0 Å². The van der Waals surface area contributed by atoms with Gasteiger partial charge in [-0.2, -0.15) is 0 Å². The summed E-state index contributed by atoms with van der Waals surface area (Å²) in [5.74, 6) is 0.853. The van der Waals surface area contributed by atoms with Crippen molar-refractivity contribution in [3.05, 3.63) is 71.8 Å². The smallest absolute Gasteiger partial charge is 0.125 e. The standard InChI is InChI=1S/C19H23NO2/c1-20-14-13-19(17-7-3-2-4-8-17)22-18-11-9-16(10-12-18)6-5-15-21/h2-12,19-21H,13-15H2,1H3/b6-5+. The van der Waals surface area contributed by atoms with Crippen molar-refractivity contribution in [2.24, 2.45) is 0 Å². The summed E-state index contributed by atoms with van der Waals surface area (Å²) in [6.07, 6.45) is 4.55. The maximum Gasteiger partial charge on any atom is 0.125 e. The summed E-state index contributed by atoms with van der Waals surface area (Å²) < 4.78 is 6.15. The van der Waals surface area contributed by atoms with Gasteiger partial charge < -0.3 is 15.2 Å². The largest absolute Gasteiger partial charge is 0.486 e. The number of ether oxygens (including phenoxy) is 1. The molecule has 116 valence electrons. The summed E-state index contributed by atoms with van der Waals surface area (Å²) >= 11 is 0. The zero-order valence-electron chi connectivity index (χ0n) is 12.9. The van der Waals surface area contributed by atoms with E-state index < -0.39 is 0 Å². The van der Waals surface area contributed by atoms with Crippen molar-refractivity contribution in [1.29, 1.82) is 0 Å². The Kier molecular flexibility index (Phi) is 6.68. The third kappa shape index (κ3) is 5.02. The van der Waals surface area contributed by atoms with Crippen molar-refractivity contribution in [2.45, 2.75) is 12.5 Å². The minimum atomic E-state index is 0.0347. The highest BCUT2D eigenvalue weighted by molar-refractivity contribution is 5.50. The molecule has 0 amide bonds. The molecule has 22 heavy (non-hydrogen) atoms. The summed E-state index contributed by atoms with van der Waals surface area (Å²) in [7, 11) is 1.95. The molecule has 0 radical (unpaired) electrons. The lowest BCUT2D eigenvalue weighted by atomic mass is 10.1. The molecule has 3 heteroatoms. The molecule has 0 aliphatic heterocycles. The van der Waals surface area contributed by atoms with Gasteiger partial charge in [-0.25, -0.2) is 0 Å². The van der Waals surface area contributed by atoms with Crippen LogP contribution in [0.2, 0.25) is 0 Å². The molecular weight excluding hydrogens is 274 g/mol. The van der Waals surface area contributed by atoms with Gasteiger partial charge >= 0.3 is 0 Å². The second-order valence-electron chi connectivity index (χ2n) is 5.06. The summed E-state index contributed by atoms with van der Waals surface area (Å²) in [6.45, 7) is 0.954. The molecule has 1 atom stereocenters. The summed E-state index contributed by atoms with van der Waals surface area (Å²) in [4.78, 5) is 0. The normalized spacial score (nSPS) is 12.5. The summed E-state index contributed by atoms with van der Waals surface area (Å²) in [5, 5.41) is 12.0. The highest BCUT2D eigenvalue weighted by Gasteiger charge is 2.12. The zero-order valence-corrected chi connectivity index (χ0v) is 12.9. The van der Waals surface area contributed by atoms with Crippen LogP contribution in [0.25, 0.3) is 6.08 Å². The Morgan fingerprint density at radius 2 is 1.82 bits per heavy atom. The fourth-order valence-corrected chi connectivity index (χ4v) is 2.25. The van der Waals surface area contributed by atoms with Crippen LogP contribution in [0.15, 0.2) is 60.7 Å². The lowest BCUT2D eigenvalue weighted by Gasteiger charge is -2.19. The van der Waals surface area contributed by atoms with E-state index in [1.165, 1.54) is 5.56 Å². The molecule has 2 rings (SSSR count). The first-order valence-corrected chi connectivity index (χ1v) is 7.57. The Bertz CT molecular complexity index is 564. The number of hydrogen-bond donors (Lipinski definition) is 2. The Labute approximate surface area is 132 Å². The van der Waals surface area contributed by atoms with Crippen LogP contribution in [-0.2, 0) is 0 Å². The van der Waals surface area contributed by atoms with Crippen molar-refractivity contribution in [2.75, 3.05) is 20.2 Å². The van der Waals surface area contributed by atoms with E-state index >= 15 is 0 Å². The molecule has 0 saturated heterocycles. The van der Waals surface area contributed by atoms with E-state index in [1.807, 2.05) is 55.6 Å². The lowest BCUT2D eigenvalue weighted by molar-refractivity contribution is 0.195. The molecule has 0 saturated carbocycles. The number of benzene rings is 2. The average molecular weight is 297 g/mol. The van der Waals surface area contributed by atoms with E-state index in [0.717, 1.165) is 24.3 Å². The molecule has 3 nitrogen and oxygen atoms in total. The lowest BCUT2D eigenvalue weighted by Crippen LogP contribution is -2.16. The Balaban J connectivity index is 2.08. The van der Waals surface area contributed by atoms with E-state index in [4.69, 9.17) is 9.84 Å². The highest BCUT2D eigenvalue weighted by Crippen LogP contribution is 2.25. The van der Waals surface area contributed by atoms with Gasteiger partial charge in [-0.15, -0.1) is 0 Å². The number of nitrogens with one attached hydrogen (secondary N) is 1. The number of hydrogen-bond acceptors (Lipinski definition) is 3. The zero-order chi connectivity index (χ0) is 15.6. The van der Waals surface area contributed by atoms with Crippen LogP contribution in [0.4, 0.5) is 0 Å². The Morgan fingerprint density at radius 3 is 2.45 bits per heavy atom. The van der Waals surface area contributed by atoms with E-state index in [9.17, 15) is 0 Å². The maximum absolute atomic E-state index is 8.79. The molecule has 0 bridgehead atoms. The first-order valence-electron chi connectivity index (χ1n) is 7.57. The first-order chi connectivity index (χ1) is 10.8. The minimum Gasteiger partial charge on any atom is -0.486 e. The van der Waals surface area contributed by atoms with E-state index in [0.29, 0.717) is 0 Å². The molecule has 2 aromatic carbocycles. The minimum absolute atomic E-state index is 0.0347. The van der Waals surface area contributed by atoms with Crippen molar-refractivity contribution in [1.82, 2.24) is 5.32 Å².